The van der Waals surface area contributed by atoms with E-state index in [1.807, 2.05) is 0 Å². The Morgan fingerprint density at radius 2 is 1.76 bits per heavy atom. The van der Waals surface area contributed by atoms with Crippen molar-refractivity contribution < 1.29 is 0 Å². The second-order valence-corrected chi connectivity index (χ2v) is 8.39. The monoisotopic (exact) mass is 283 g/mol. The average Bonchev–Trinajstić information content (AvgIpc) is 3.38. The lowest BCUT2D eigenvalue weighted by atomic mass is 9.77. The van der Waals surface area contributed by atoms with Gasteiger partial charge in [-0.05, 0) is 72.8 Å². The zero-order chi connectivity index (χ0) is 14.4. The molecule has 0 aliphatic heterocycles. The first-order chi connectivity index (χ1) is 10.1. The Hall–Kier alpha value is -0.820. The Kier molecular flexibility index (Phi) is 3.37. The van der Waals surface area contributed by atoms with Gasteiger partial charge in [0.25, 0.3) is 0 Å². The van der Waals surface area contributed by atoms with Crippen LogP contribution in [0.2, 0.25) is 0 Å². The van der Waals surface area contributed by atoms with Gasteiger partial charge in [-0.25, -0.2) is 0 Å². The number of nitrogens with one attached hydrogen (secondary N) is 1. The van der Waals surface area contributed by atoms with Crippen molar-refractivity contribution >= 4 is 0 Å². The number of hydrogen-bond donors (Lipinski definition) is 1. The quantitative estimate of drug-likeness (QED) is 0.809. The molecule has 2 atom stereocenters. The van der Waals surface area contributed by atoms with E-state index >= 15 is 0 Å². The summed E-state index contributed by atoms with van der Waals surface area (Å²) in [6, 6.07) is 10.3. The normalized spacial score (nSPS) is 34.2. The molecule has 0 spiro atoms. The van der Waals surface area contributed by atoms with E-state index in [4.69, 9.17) is 0 Å². The van der Waals surface area contributed by atoms with Gasteiger partial charge in [-0.1, -0.05) is 38.1 Å². The minimum Gasteiger partial charge on any atom is -0.313 e. The summed E-state index contributed by atoms with van der Waals surface area (Å²) in [5, 5.41) is 3.83. The minimum absolute atomic E-state index is 0.565. The lowest BCUT2D eigenvalue weighted by Crippen LogP contribution is -2.36. The second kappa shape index (κ2) is 5.12. The van der Waals surface area contributed by atoms with Crippen LogP contribution in [0.15, 0.2) is 24.3 Å². The highest BCUT2D eigenvalue weighted by molar-refractivity contribution is 5.26. The fourth-order valence-electron chi connectivity index (χ4n) is 4.46. The first kappa shape index (κ1) is 13.8. The number of rotatable bonds is 6. The largest absolute Gasteiger partial charge is 0.313 e. The number of benzene rings is 1. The van der Waals surface area contributed by atoms with Gasteiger partial charge in [0, 0.05) is 12.6 Å². The van der Waals surface area contributed by atoms with Crippen molar-refractivity contribution in [3.8, 4) is 0 Å². The van der Waals surface area contributed by atoms with Crippen LogP contribution in [0.3, 0.4) is 0 Å². The lowest BCUT2D eigenvalue weighted by molar-refractivity contribution is 0.247. The molecule has 0 bridgehead atoms. The molecule has 3 aliphatic carbocycles. The molecule has 0 heterocycles. The van der Waals surface area contributed by atoms with Gasteiger partial charge >= 0.3 is 0 Å². The van der Waals surface area contributed by atoms with Crippen molar-refractivity contribution in [1.29, 1.82) is 0 Å². The molecule has 4 rings (SSSR count). The zero-order valence-corrected chi connectivity index (χ0v) is 13.6. The molecule has 114 valence electrons. The summed E-state index contributed by atoms with van der Waals surface area (Å²) in [6.07, 6.45) is 8.58. The summed E-state index contributed by atoms with van der Waals surface area (Å²) < 4.78 is 0. The third-order valence-corrected chi connectivity index (χ3v) is 6.03. The molecule has 21 heavy (non-hydrogen) atoms. The van der Waals surface area contributed by atoms with Crippen LogP contribution in [-0.4, -0.2) is 12.6 Å². The predicted octanol–water partition coefficient (Wildman–Crippen LogP) is 4.52. The van der Waals surface area contributed by atoms with E-state index in [1.54, 1.807) is 5.56 Å². The standard InChI is InChI=1S/C20H29N/c1-14(2)16-5-3-15(4-6-16)10-20(13-21-19-7-8-19)11-17-9-18(17)12-20/h3-6,14,17-19,21H,7-13H2,1-2H3. The molecule has 0 aromatic heterocycles. The SMILES string of the molecule is CC(C)c1ccc(CC2(CNC3CC3)CC3CC3C2)cc1. The van der Waals surface area contributed by atoms with Crippen LogP contribution in [0.1, 0.15) is 63.0 Å². The summed E-state index contributed by atoms with van der Waals surface area (Å²) in [7, 11) is 0. The van der Waals surface area contributed by atoms with Crippen LogP contribution in [0.25, 0.3) is 0 Å². The molecule has 1 aromatic carbocycles. The maximum atomic E-state index is 3.83. The summed E-state index contributed by atoms with van der Waals surface area (Å²) in [5.74, 6) is 2.78. The predicted molar refractivity (Wildman–Crippen MR) is 88.5 cm³/mol. The maximum Gasteiger partial charge on any atom is 0.00684 e. The Labute approximate surface area is 129 Å². The van der Waals surface area contributed by atoms with E-state index in [9.17, 15) is 0 Å². The van der Waals surface area contributed by atoms with Crippen molar-refractivity contribution in [2.75, 3.05) is 6.54 Å². The highest BCUT2D eigenvalue weighted by Gasteiger charge is 2.53. The summed E-state index contributed by atoms with van der Waals surface area (Å²) in [4.78, 5) is 0. The van der Waals surface area contributed by atoms with Crippen LogP contribution in [0.5, 0.6) is 0 Å². The molecule has 0 saturated heterocycles. The zero-order valence-electron chi connectivity index (χ0n) is 13.6. The van der Waals surface area contributed by atoms with Crippen LogP contribution in [0.4, 0.5) is 0 Å². The van der Waals surface area contributed by atoms with Crippen molar-refractivity contribution in [1.82, 2.24) is 5.32 Å². The van der Waals surface area contributed by atoms with Gasteiger partial charge in [0.2, 0.25) is 0 Å². The second-order valence-electron chi connectivity index (χ2n) is 8.39. The van der Waals surface area contributed by atoms with Gasteiger partial charge in [0.1, 0.15) is 0 Å². The number of fused-ring (bicyclic) bond motifs is 1. The van der Waals surface area contributed by atoms with Gasteiger partial charge in [-0.2, -0.15) is 0 Å². The highest BCUT2D eigenvalue weighted by Crippen LogP contribution is 2.60. The molecule has 0 radical (unpaired) electrons. The van der Waals surface area contributed by atoms with Gasteiger partial charge in [-0.15, -0.1) is 0 Å². The first-order valence-corrected chi connectivity index (χ1v) is 8.96. The van der Waals surface area contributed by atoms with Crippen LogP contribution in [-0.2, 0) is 6.42 Å². The average molecular weight is 283 g/mol. The first-order valence-electron chi connectivity index (χ1n) is 8.96. The van der Waals surface area contributed by atoms with Gasteiger partial charge < -0.3 is 5.32 Å². The Morgan fingerprint density at radius 1 is 1.10 bits per heavy atom. The molecule has 3 aliphatic rings. The Balaban J connectivity index is 1.45. The van der Waals surface area contributed by atoms with Gasteiger partial charge in [0.15, 0.2) is 0 Å². The van der Waals surface area contributed by atoms with Gasteiger partial charge in [0.05, 0.1) is 0 Å². The van der Waals surface area contributed by atoms with Crippen LogP contribution in [0, 0.1) is 17.3 Å². The molecule has 3 fully saturated rings. The molecule has 1 nitrogen and oxygen atoms in total. The lowest BCUT2D eigenvalue weighted by Gasteiger charge is -2.32. The Bertz CT molecular complexity index is 487. The van der Waals surface area contributed by atoms with Crippen molar-refractivity contribution in [2.24, 2.45) is 17.3 Å². The van der Waals surface area contributed by atoms with E-state index in [0.29, 0.717) is 11.3 Å². The summed E-state index contributed by atoms with van der Waals surface area (Å²) in [5.41, 5.74) is 3.59. The van der Waals surface area contributed by atoms with E-state index in [-0.39, 0.29) is 0 Å². The van der Waals surface area contributed by atoms with Gasteiger partial charge in [-0.3, -0.25) is 0 Å². The molecular formula is C20H29N. The maximum absolute atomic E-state index is 3.83. The molecule has 1 heteroatoms. The van der Waals surface area contributed by atoms with Crippen LogP contribution < -0.4 is 5.32 Å². The van der Waals surface area contributed by atoms with E-state index in [1.165, 1.54) is 50.6 Å². The summed E-state index contributed by atoms with van der Waals surface area (Å²) in [6.45, 7) is 5.82. The minimum atomic E-state index is 0.565. The third-order valence-electron chi connectivity index (χ3n) is 6.03. The number of hydrogen-bond acceptors (Lipinski definition) is 1. The summed E-state index contributed by atoms with van der Waals surface area (Å²) >= 11 is 0. The van der Waals surface area contributed by atoms with Crippen LogP contribution >= 0.6 is 0 Å². The van der Waals surface area contributed by atoms with E-state index in [2.05, 4.69) is 43.4 Å². The topological polar surface area (TPSA) is 12.0 Å². The third kappa shape index (κ3) is 3.04. The van der Waals surface area contributed by atoms with Crippen molar-refractivity contribution in [2.45, 2.75) is 64.3 Å². The fourth-order valence-corrected chi connectivity index (χ4v) is 4.46. The molecular weight excluding hydrogens is 254 g/mol. The van der Waals surface area contributed by atoms with E-state index in [0.717, 1.165) is 17.9 Å². The molecule has 2 unspecified atom stereocenters. The molecule has 0 amide bonds. The van der Waals surface area contributed by atoms with Crippen molar-refractivity contribution in [3.05, 3.63) is 35.4 Å². The smallest absolute Gasteiger partial charge is 0.00684 e. The molecule has 3 saturated carbocycles. The molecule has 1 N–H and O–H groups in total. The van der Waals surface area contributed by atoms with E-state index < -0.39 is 0 Å². The molecule has 1 aromatic rings. The van der Waals surface area contributed by atoms with Crippen molar-refractivity contribution in [3.63, 3.8) is 0 Å². The highest BCUT2D eigenvalue weighted by atomic mass is 15.0. The Morgan fingerprint density at radius 3 is 2.33 bits per heavy atom. The fraction of sp³-hybridized carbons (Fsp3) is 0.700.